The van der Waals surface area contributed by atoms with Crippen LogP contribution in [0.15, 0.2) is 24.3 Å². The van der Waals surface area contributed by atoms with Crippen LogP contribution in [0.3, 0.4) is 0 Å². The fourth-order valence-electron chi connectivity index (χ4n) is 5.52. The van der Waals surface area contributed by atoms with Crippen molar-refractivity contribution in [2.24, 2.45) is 5.92 Å². The molecule has 0 spiro atoms. The minimum absolute atomic E-state index is 0.0604. The Kier molecular flexibility index (Phi) is 8.03. The lowest BCUT2D eigenvalue weighted by Crippen LogP contribution is -2.55. The zero-order chi connectivity index (χ0) is 25.1. The van der Waals surface area contributed by atoms with Gasteiger partial charge in [0.1, 0.15) is 5.75 Å². The molecule has 1 heterocycles. The van der Waals surface area contributed by atoms with Crippen LogP contribution in [0.5, 0.6) is 5.75 Å². The first-order chi connectivity index (χ1) is 15.9. The highest BCUT2D eigenvalue weighted by Gasteiger charge is 2.39. The molecule has 1 aromatic rings. The summed E-state index contributed by atoms with van der Waals surface area (Å²) in [7, 11) is 0. The number of piperidine rings is 1. The lowest BCUT2D eigenvalue weighted by molar-refractivity contribution is -0.274. The van der Waals surface area contributed by atoms with Gasteiger partial charge in [-0.15, -0.1) is 13.2 Å². The smallest absolute Gasteiger partial charge is 0.465 e. The molecule has 1 aromatic carbocycles. The molecule has 1 saturated carbocycles. The Morgan fingerprint density at radius 3 is 2.21 bits per heavy atom. The number of hydrogen-bond donors (Lipinski definition) is 1. The molecule has 190 valence electrons. The van der Waals surface area contributed by atoms with E-state index < -0.39 is 23.9 Å². The molecule has 0 unspecified atom stereocenters. The van der Waals surface area contributed by atoms with Gasteiger partial charge < -0.3 is 19.6 Å². The van der Waals surface area contributed by atoms with E-state index >= 15 is 0 Å². The van der Waals surface area contributed by atoms with E-state index in [4.69, 9.17) is 0 Å². The molecule has 9 heteroatoms. The molecule has 2 amide bonds. The van der Waals surface area contributed by atoms with Crippen LogP contribution in [0, 0.1) is 5.92 Å². The number of alkyl halides is 3. The highest BCUT2D eigenvalue weighted by Crippen LogP contribution is 2.39. The Hall–Kier alpha value is -2.45. The molecule has 0 radical (unpaired) electrons. The molecule has 2 fully saturated rings. The van der Waals surface area contributed by atoms with E-state index in [1.54, 1.807) is 11.0 Å². The van der Waals surface area contributed by atoms with Gasteiger partial charge in [0.15, 0.2) is 0 Å². The van der Waals surface area contributed by atoms with Crippen molar-refractivity contribution in [1.29, 1.82) is 0 Å². The Bertz CT molecular complexity index is 854. The fourth-order valence-corrected chi connectivity index (χ4v) is 5.52. The molecule has 3 rings (SSSR count). The summed E-state index contributed by atoms with van der Waals surface area (Å²) in [6, 6.07) is 5.61. The molecule has 1 saturated heterocycles. The van der Waals surface area contributed by atoms with Gasteiger partial charge in [0.05, 0.1) is 5.92 Å². The predicted molar refractivity (Wildman–Crippen MR) is 122 cm³/mol. The Morgan fingerprint density at radius 1 is 1.06 bits per heavy atom. The molecule has 1 aliphatic heterocycles. The second-order valence-electron chi connectivity index (χ2n) is 10.4. The van der Waals surface area contributed by atoms with E-state index in [-0.39, 0.29) is 23.6 Å². The zero-order valence-corrected chi connectivity index (χ0v) is 20.1. The first-order valence-electron chi connectivity index (χ1n) is 12.0. The normalized spacial score (nSPS) is 19.5. The third-order valence-electron chi connectivity index (χ3n) is 6.91. The van der Waals surface area contributed by atoms with Crippen molar-refractivity contribution >= 4 is 12.0 Å². The Labute approximate surface area is 199 Å². The molecule has 1 N–H and O–H groups in total. The van der Waals surface area contributed by atoms with E-state index in [0.717, 1.165) is 32.1 Å². The van der Waals surface area contributed by atoms with Crippen LogP contribution < -0.4 is 4.74 Å². The highest BCUT2D eigenvalue weighted by atomic mass is 19.4. The maximum Gasteiger partial charge on any atom is 0.573 e. The number of ether oxygens (including phenoxy) is 1. The van der Waals surface area contributed by atoms with Crippen molar-refractivity contribution in [1.82, 2.24) is 9.80 Å². The van der Waals surface area contributed by atoms with Gasteiger partial charge in [-0.1, -0.05) is 31.4 Å². The molecule has 34 heavy (non-hydrogen) atoms. The number of carbonyl (C=O) groups is 2. The van der Waals surface area contributed by atoms with Crippen LogP contribution in [0.4, 0.5) is 18.0 Å². The van der Waals surface area contributed by atoms with Crippen LogP contribution in [-0.4, -0.2) is 57.9 Å². The highest BCUT2D eigenvalue weighted by molar-refractivity contribution is 5.84. The quantitative estimate of drug-likeness (QED) is 0.555. The summed E-state index contributed by atoms with van der Waals surface area (Å²) >= 11 is 0. The SMILES string of the molecule is CC(C)(C)N(C(=O)O)C1CCN(C(=O)[C@@H](c2cccc(OC(F)(F)F)c2)C2CCCCC2)CC1. The minimum Gasteiger partial charge on any atom is -0.465 e. The van der Waals surface area contributed by atoms with Crippen LogP contribution in [0.25, 0.3) is 0 Å². The van der Waals surface area contributed by atoms with Gasteiger partial charge in [-0.2, -0.15) is 0 Å². The van der Waals surface area contributed by atoms with Gasteiger partial charge in [0, 0.05) is 24.7 Å². The van der Waals surface area contributed by atoms with Gasteiger partial charge in [0.2, 0.25) is 5.91 Å². The average Bonchev–Trinajstić information content (AvgIpc) is 2.73. The second-order valence-corrected chi connectivity index (χ2v) is 10.4. The largest absolute Gasteiger partial charge is 0.573 e. The number of benzene rings is 1. The number of amides is 2. The minimum atomic E-state index is -4.80. The van der Waals surface area contributed by atoms with Crippen LogP contribution in [0.1, 0.15) is 77.2 Å². The summed E-state index contributed by atoms with van der Waals surface area (Å²) in [4.78, 5) is 28.8. The lowest BCUT2D eigenvalue weighted by atomic mass is 9.76. The van der Waals surface area contributed by atoms with Gasteiger partial charge in [-0.05, 0) is 70.1 Å². The van der Waals surface area contributed by atoms with Crippen LogP contribution >= 0.6 is 0 Å². The number of nitrogens with zero attached hydrogens (tertiary/aromatic N) is 2. The lowest BCUT2D eigenvalue weighted by Gasteiger charge is -2.44. The molecule has 1 aliphatic carbocycles. The van der Waals surface area contributed by atoms with Gasteiger partial charge >= 0.3 is 12.5 Å². The van der Waals surface area contributed by atoms with Crippen LogP contribution in [-0.2, 0) is 4.79 Å². The fraction of sp³-hybridized carbons (Fsp3) is 0.680. The van der Waals surface area contributed by atoms with E-state index in [1.807, 2.05) is 20.8 Å². The molecule has 0 bridgehead atoms. The zero-order valence-electron chi connectivity index (χ0n) is 20.1. The number of likely N-dealkylation sites (tertiary alicyclic amines) is 1. The van der Waals surface area contributed by atoms with E-state index in [2.05, 4.69) is 4.74 Å². The molecular formula is C25H35F3N2O4. The van der Waals surface area contributed by atoms with Gasteiger partial charge in [0.25, 0.3) is 0 Å². The van der Waals surface area contributed by atoms with Crippen molar-refractivity contribution in [2.45, 2.75) is 89.6 Å². The second kappa shape index (κ2) is 10.4. The van der Waals surface area contributed by atoms with E-state index in [0.29, 0.717) is 31.5 Å². The number of carbonyl (C=O) groups excluding carboxylic acids is 1. The maximum absolute atomic E-state index is 13.7. The summed E-state index contributed by atoms with van der Waals surface area (Å²) in [6.45, 7) is 6.41. The van der Waals surface area contributed by atoms with Gasteiger partial charge in [-0.3, -0.25) is 4.79 Å². The summed E-state index contributed by atoms with van der Waals surface area (Å²) in [5.41, 5.74) is -0.00527. The third-order valence-corrected chi connectivity index (χ3v) is 6.91. The predicted octanol–water partition coefficient (Wildman–Crippen LogP) is 6.02. The number of rotatable bonds is 5. The summed E-state index contributed by atoms with van der Waals surface area (Å²) in [5, 5.41) is 9.70. The van der Waals surface area contributed by atoms with E-state index in [9.17, 15) is 27.9 Å². The molecule has 0 aromatic heterocycles. The summed E-state index contributed by atoms with van der Waals surface area (Å²) < 4.78 is 42.4. The molecule has 2 aliphatic rings. The average molecular weight is 485 g/mol. The first-order valence-corrected chi connectivity index (χ1v) is 12.0. The topological polar surface area (TPSA) is 70.1 Å². The monoisotopic (exact) mass is 484 g/mol. The standard InChI is InChI=1S/C25H35F3N2O4/c1-24(2,3)30(23(32)33)19-12-14-29(15-13-19)22(31)21(17-8-5-4-6-9-17)18-10-7-11-20(16-18)34-25(26,27)28/h7,10-11,16-17,19,21H,4-6,8-9,12-15H2,1-3H3,(H,32,33)/t21-/m1/s1. The van der Waals surface area contributed by atoms with Gasteiger partial charge in [-0.25, -0.2) is 4.79 Å². The molecule has 1 atom stereocenters. The first kappa shape index (κ1) is 26.2. The number of halogens is 3. The third kappa shape index (κ3) is 6.57. The summed E-state index contributed by atoms with van der Waals surface area (Å²) in [6.07, 6.45) is 0.0868. The molecule has 6 nitrogen and oxygen atoms in total. The van der Waals surface area contributed by atoms with Crippen molar-refractivity contribution in [2.75, 3.05) is 13.1 Å². The molecular weight excluding hydrogens is 449 g/mol. The summed E-state index contributed by atoms with van der Waals surface area (Å²) in [5.74, 6) is -0.885. The van der Waals surface area contributed by atoms with Crippen LogP contribution in [0.2, 0.25) is 0 Å². The number of carboxylic acid groups (broad SMARTS) is 1. The Balaban J connectivity index is 1.80. The van der Waals surface area contributed by atoms with Crippen molar-refractivity contribution in [3.63, 3.8) is 0 Å². The maximum atomic E-state index is 13.7. The van der Waals surface area contributed by atoms with Crippen molar-refractivity contribution in [3.05, 3.63) is 29.8 Å². The van der Waals surface area contributed by atoms with E-state index in [1.165, 1.54) is 23.1 Å². The number of hydrogen-bond acceptors (Lipinski definition) is 3. The van der Waals surface area contributed by atoms with Crippen molar-refractivity contribution < 1.29 is 32.6 Å². The van der Waals surface area contributed by atoms with Crippen molar-refractivity contribution in [3.8, 4) is 5.75 Å². The Morgan fingerprint density at radius 2 is 1.68 bits per heavy atom.